The summed E-state index contributed by atoms with van der Waals surface area (Å²) in [5, 5.41) is 11.3. The third-order valence-electron chi connectivity index (χ3n) is 3.83. The zero-order valence-electron chi connectivity index (χ0n) is 15.3. The molecule has 0 aliphatic heterocycles. The van der Waals surface area contributed by atoms with E-state index in [2.05, 4.69) is 0 Å². The lowest BCUT2D eigenvalue weighted by Crippen LogP contribution is -2.30. The van der Waals surface area contributed by atoms with Crippen molar-refractivity contribution in [3.8, 4) is 5.75 Å². The van der Waals surface area contributed by atoms with E-state index in [0.29, 0.717) is 17.2 Å². The number of non-ortho nitro benzene ring substituents is 1. The molecule has 0 aliphatic carbocycles. The number of nitro groups is 1. The van der Waals surface area contributed by atoms with Crippen molar-refractivity contribution in [2.75, 3.05) is 6.61 Å². The molecule has 0 radical (unpaired) electrons. The second-order valence-corrected chi connectivity index (χ2v) is 8.16. The smallest absolute Gasteiger partial charge is 0.269 e. The summed E-state index contributed by atoms with van der Waals surface area (Å²) in [5.74, 6) is -0.0660. The van der Waals surface area contributed by atoms with Crippen LogP contribution in [-0.4, -0.2) is 25.9 Å². The molecule has 0 heterocycles. The Hall–Kier alpha value is -2.65. The molecule has 2 rings (SSSR count). The molecule has 1 amide bonds. The van der Waals surface area contributed by atoms with Crippen LogP contribution < -0.4 is 9.46 Å². The zero-order chi connectivity index (χ0) is 20.9. The van der Waals surface area contributed by atoms with E-state index in [1.165, 1.54) is 0 Å². The standard InChI is InChI=1S/C18H19ClN2O6S/c1-12-10-15(11-13(2)18(12)19)27-9-3-4-17(22)20-28(25,26)16-7-5-14(6-8-16)21(23)24/h5-8,10-11H,3-4,9H2,1-2H3,(H,20,22). The molecule has 0 unspecified atom stereocenters. The zero-order valence-corrected chi connectivity index (χ0v) is 16.8. The summed E-state index contributed by atoms with van der Waals surface area (Å²) in [4.78, 5) is 21.6. The summed E-state index contributed by atoms with van der Waals surface area (Å²) < 4.78 is 31.8. The molecule has 0 aromatic heterocycles. The molecular weight excluding hydrogens is 408 g/mol. The first-order valence-corrected chi connectivity index (χ1v) is 10.2. The van der Waals surface area contributed by atoms with Crippen LogP contribution in [0.25, 0.3) is 0 Å². The fourth-order valence-electron chi connectivity index (χ4n) is 2.42. The van der Waals surface area contributed by atoms with Gasteiger partial charge in [-0.25, -0.2) is 13.1 Å². The highest BCUT2D eigenvalue weighted by Crippen LogP contribution is 2.26. The van der Waals surface area contributed by atoms with Crippen LogP contribution in [0.15, 0.2) is 41.3 Å². The number of carbonyl (C=O) groups is 1. The molecule has 0 saturated carbocycles. The quantitative estimate of drug-likeness (QED) is 0.392. The van der Waals surface area contributed by atoms with Gasteiger partial charge in [-0.15, -0.1) is 0 Å². The number of hydrogen-bond acceptors (Lipinski definition) is 6. The Kier molecular flexibility index (Phi) is 6.98. The Morgan fingerprint density at radius 2 is 1.75 bits per heavy atom. The van der Waals surface area contributed by atoms with Crippen molar-refractivity contribution in [3.05, 3.63) is 62.7 Å². The summed E-state index contributed by atoms with van der Waals surface area (Å²) in [5.41, 5.74) is 1.52. The van der Waals surface area contributed by atoms with Crippen LogP contribution in [-0.2, 0) is 14.8 Å². The SMILES string of the molecule is Cc1cc(OCCCC(=O)NS(=O)(=O)c2ccc([N+](=O)[O-])cc2)cc(C)c1Cl. The lowest BCUT2D eigenvalue weighted by atomic mass is 10.1. The van der Waals surface area contributed by atoms with Crippen LogP contribution in [0.3, 0.4) is 0 Å². The van der Waals surface area contributed by atoms with Gasteiger partial charge in [-0.05, 0) is 55.7 Å². The minimum Gasteiger partial charge on any atom is -0.494 e. The van der Waals surface area contributed by atoms with E-state index in [4.69, 9.17) is 16.3 Å². The minimum absolute atomic E-state index is 0.0578. The van der Waals surface area contributed by atoms with Crippen molar-refractivity contribution < 1.29 is 22.9 Å². The number of carbonyl (C=O) groups excluding carboxylic acids is 1. The highest BCUT2D eigenvalue weighted by molar-refractivity contribution is 7.90. The first-order valence-electron chi connectivity index (χ1n) is 8.30. The molecule has 0 atom stereocenters. The summed E-state index contributed by atoms with van der Waals surface area (Å²) in [6.07, 6.45) is 0.250. The Morgan fingerprint density at radius 3 is 2.29 bits per heavy atom. The first-order chi connectivity index (χ1) is 13.1. The van der Waals surface area contributed by atoms with Gasteiger partial charge < -0.3 is 4.74 Å². The molecule has 0 bridgehead atoms. The van der Waals surface area contributed by atoms with Gasteiger partial charge in [0.2, 0.25) is 5.91 Å². The topological polar surface area (TPSA) is 116 Å². The van der Waals surface area contributed by atoms with Crippen molar-refractivity contribution in [1.29, 1.82) is 0 Å². The van der Waals surface area contributed by atoms with Gasteiger partial charge in [-0.3, -0.25) is 14.9 Å². The molecule has 0 saturated heterocycles. The van der Waals surface area contributed by atoms with Crippen molar-refractivity contribution in [1.82, 2.24) is 4.72 Å². The molecule has 10 heteroatoms. The number of nitrogens with zero attached hydrogens (tertiary/aromatic N) is 1. The molecule has 0 aliphatic rings. The average Bonchev–Trinajstić information content (AvgIpc) is 2.63. The minimum atomic E-state index is -4.08. The number of rotatable bonds is 8. The van der Waals surface area contributed by atoms with E-state index in [1.54, 1.807) is 12.1 Å². The van der Waals surface area contributed by atoms with Gasteiger partial charge in [-0.1, -0.05) is 11.6 Å². The normalized spacial score (nSPS) is 11.1. The lowest BCUT2D eigenvalue weighted by Gasteiger charge is -2.10. The second kappa shape index (κ2) is 9.03. The Labute approximate surface area is 167 Å². The lowest BCUT2D eigenvalue weighted by molar-refractivity contribution is -0.384. The van der Waals surface area contributed by atoms with E-state index < -0.39 is 20.9 Å². The highest BCUT2D eigenvalue weighted by Gasteiger charge is 2.18. The number of halogens is 1. The van der Waals surface area contributed by atoms with Gasteiger partial charge in [0.15, 0.2) is 0 Å². The monoisotopic (exact) mass is 426 g/mol. The van der Waals surface area contributed by atoms with Gasteiger partial charge in [-0.2, -0.15) is 0 Å². The molecule has 0 spiro atoms. The third-order valence-corrected chi connectivity index (χ3v) is 5.82. The van der Waals surface area contributed by atoms with E-state index in [9.17, 15) is 23.3 Å². The molecule has 150 valence electrons. The molecule has 0 fully saturated rings. The number of aryl methyl sites for hydroxylation is 2. The van der Waals surface area contributed by atoms with Crippen molar-refractivity contribution >= 4 is 33.2 Å². The molecule has 2 aromatic rings. The number of nitro benzene ring substituents is 1. The number of hydrogen-bond donors (Lipinski definition) is 1. The summed E-state index contributed by atoms with van der Waals surface area (Å²) in [6.45, 7) is 3.95. The maximum atomic E-state index is 12.1. The first kappa shape index (κ1) is 21.6. The number of sulfonamides is 1. The van der Waals surface area contributed by atoms with E-state index in [0.717, 1.165) is 35.4 Å². The Balaban J connectivity index is 1.85. The maximum absolute atomic E-state index is 12.1. The third kappa shape index (κ3) is 5.67. The van der Waals surface area contributed by atoms with E-state index in [1.807, 2.05) is 18.6 Å². The number of amides is 1. The van der Waals surface area contributed by atoms with Gasteiger partial charge in [0.1, 0.15) is 5.75 Å². The van der Waals surface area contributed by atoms with Crippen molar-refractivity contribution in [3.63, 3.8) is 0 Å². The molecule has 2 aromatic carbocycles. The van der Waals surface area contributed by atoms with Crippen LogP contribution in [0.1, 0.15) is 24.0 Å². The van der Waals surface area contributed by atoms with Crippen molar-refractivity contribution in [2.24, 2.45) is 0 Å². The Morgan fingerprint density at radius 1 is 1.18 bits per heavy atom. The summed E-state index contributed by atoms with van der Waals surface area (Å²) >= 11 is 6.09. The van der Waals surface area contributed by atoms with Crippen LogP contribution in [0, 0.1) is 24.0 Å². The molecule has 1 N–H and O–H groups in total. The largest absolute Gasteiger partial charge is 0.494 e. The number of benzene rings is 2. The Bertz CT molecular complexity index is 967. The number of nitrogens with one attached hydrogen (secondary N) is 1. The van der Waals surface area contributed by atoms with Gasteiger partial charge in [0.05, 0.1) is 16.4 Å². The highest BCUT2D eigenvalue weighted by atomic mass is 35.5. The second-order valence-electron chi connectivity index (χ2n) is 6.10. The predicted octanol–water partition coefficient (Wildman–Crippen LogP) is 3.53. The molecule has 28 heavy (non-hydrogen) atoms. The van der Waals surface area contributed by atoms with Gasteiger partial charge in [0, 0.05) is 23.6 Å². The molecular formula is C18H19ClN2O6S. The fraction of sp³-hybridized carbons (Fsp3) is 0.278. The van der Waals surface area contributed by atoms with E-state index >= 15 is 0 Å². The van der Waals surface area contributed by atoms with E-state index in [-0.39, 0.29) is 23.6 Å². The van der Waals surface area contributed by atoms with Gasteiger partial charge in [0.25, 0.3) is 15.7 Å². The van der Waals surface area contributed by atoms with Gasteiger partial charge >= 0.3 is 0 Å². The predicted molar refractivity (Wildman–Crippen MR) is 104 cm³/mol. The van der Waals surface area contributed by atoms with Crippen molar-refractivity contribution in [2.45, 2.75) is 31.6 Å². The average molecular weight is 427 g/mol. The van der Waals surface area contributed by atoms with Crippen LogP contribution in [0.5, 0.6) is 5.75 Å². The summed E-state index contributed by atoms with van der Waals surface area (Å²) in [6, 6.07) is 7.83. The van der Waals surface area contributed by atoms with Crippen LogP contribution in [0.2, 0.25) is 5.02 Å². The number of ether oxygens (including phenoxy) is 1. The fourth-order valence-corrected chi connectivity index (χ4v) is 3.54. The van der Waals surface area contributed by atoms with Crippen LogP contribution in [0.4, 0.5) is 5.69 Å². The maximum Gasteiger partial charge on any atom is 0.269 e. The van der Waals surface area contributed by atoms with Crippen LogP contribution >= 0.6 is 11.6 Å². The molecule has 8 nitrogen and oxygen atoms in total. The summed E-state index contributed by atoms with van der Waals surface area (Å²) in [7, 11) is -4.08.